The van der Waals surface area contributed by atoms with Crippen molar-refractivity contribution >= 4 is 52.9 Å². The summed E-state index contributed by atoms with van der Waals surface area (Å²) >= 11 is 7.73. The molecule has 25 heavy (non-hydrogen) atoms. The molecule has 0 amide bonds. The Morgan fingerprint density at radius 3 is 2.44 bits per heavy atom. The first-order valence-corrected chi connectivity index (χ1v) is 9.35. The molecular weight excluding hydrogens is 467 g/mol. The van der Waals surface area contributed by atoms with Crippen LogP contribution in [-0.2, 0) is 12.0 Å². The highest BCUT2D eigenvalue weighted by molar-refractivity contribution is 14.0. The van der Waals surface area contributed by atoms with Crippen molar-refractivity contribution < 1.29 is 0 Å². The van der Waals surface area contributed by atoms with E-state index in [4.69, 9.17) is 11.6 Å². The van der Waals surface area contributed by atoms with Gasteiger partial charge in [0.1, 0.15) is 0 Å². The van der Waals surface area contributed by atoms with Crippen LogP contribution in [0.15, 0.2) is 29.3 Å². The predicted octanol–water partition coefficient (Wildman–Crippen LogP) is 4.43. The van der Waals surface area contributed by atoms with Crippen LogP contribution in [0.2, 0.25) is 5.02 Å². The van der Waals surface area contributed by atoms with E-state index >= 15 is 0 Å². The molecule has 1 heterocycles. The number of thiazole rings is 1. The van der Waals surface area contributed by atoms with Crippen LogP contribution in [0.3, 0.4) is 0 Å². The third-order valence-corrected chi connectivity index (χ3v) is 5.87. The third-order valence-electron chi connectivity index (χ3n) is 4.54. The number of aromatic nitrogens is 1. The number of rotatable bonds is 5. The van der Waals surface area contributed by atoms with E-state index < -0.39 is 0 Å². The number of benzene rings is 1. The lowest BCUT2D eigenvalue weighted by molar-refractivity contribution is 0.646. The molecule has 3 rings (SSSR count). The minimum Gasteiger partial charge on any atom is -0.356 e. The van der Waals surface area contributed by atoms with Crippen LogP contribution in [-0.4, -0.2) is 24.5 Å². The Morgan fingerprint density at radius 2 is 1.92 bits per heavy atom. The molecule has 1 aliphatic carbocycles. The van der Waals surface area contributed by atoms with Crippen LogP contribution in [0.25, 0.3) is 0 Å². The van der Waals surface area contributed by atoms with Crippen molar-refractivity contribution in [3.63, 3.8) is 0 Å². The Kier molecular flexibility index (Phi) is 7.10. The zero-order valence-electron chi connectivity index (χ0n) is 14.7. The Bertz CT molecular complexity index is 738. The zero-order valence-corrected chi connectivity index (χ0v) is 18.6. The van der Waals surface area contributed by atoms with Gasteiger partial charge in [-0.25, -0.2) is 4.98 Å². The number of hydrogen-bond donors (Lipinski definition) is 2. The standard InChI is InChI=1S/C18H23ClN4S.HI/c1-12-16(24-13(2)23-12)10-21-17(20-3)22-11-18(8-9-18)14-4-6-15(19)7-5-14;/h4-7H,8-11H2,1-3H3,(H2,20,21,22);1H. The molecule has 2 aromatic rings. The maximum atomic E-state index is 6.00. The summed E-state index contributed by atoms with van der Waals surface area (Å²) in [5.41, 5.74) is 2.67. The summed E-state index contributed by atoms with van der Waals surface area (Å²) in [7, 11) is 1.81. The molecule has 0 saturated heterocycles. The summed E-state index contributed by atoms with van der Waals surface area (Å²) < 4.78 is 0. The number of hydrogen-bond acceptors (Lipinski definition) is 3. The van der Waals surface area contributed by atoms with Crippen LogP contribution in [0.5, 0.6) is 0 Å². The van der Waals surface area contributed by atoms with Crippen molar-refractivity contribution in [2.45, 2.75) is 38.6 Å². The van der Waals surface area contributed by atoms with Gasteiger partial charge < -0.3 is 10.6 Å². The van der Waals surface area contributed by atoms with E-state index in [1.54, 1.807) is 11.3 Å². The highest BCUT2D eigenvalue weighted by atomic mass is 127. The Balaban J connectivity index is 0.00000225. The molecule has 4 nitrogen and oxygen atoms in total. The average Bonchev–Trinajstić information content (AvgIpc) is 3.28. The molecule has 2 N–H and O–H groups in total. The Labute approximate surface area is 175 Å². The minimum absolute atomic E-state index is 0. The summed E-state index contributed by atoms with van der Waals surface area (Å²) in [5.74, 6) is 0.834. The molecule has 1 fully saturated rings. The molecule has 7 heteroatoms. The number of halogens is 2. The smallest absolute Gasteiger partial charge is 0.191 e. The minimum atomic E-state index is 0. The first-order valence-electron chi connectivity index (χ1n) is 8.16. The molecule has 0 spiro atoms. The van der Waals surface area contributed by atoms with E-state index in [1.807, 2.05) is 26.1 Å². The Morgan fingerprint density at radius 1 is 1.24 bits per heavy atom. The summed E-state index contributed by atoms with van der Waals surface area (Å²) in [6.45, 7) is 5.73. The van der Waals surface area contributed by atoms with Crippen molar-refractivity contribution in [2.24, 2.45) is 4.99 Å². The number of aryl methyl sites for hydroxylation is 2. The first kappa shape index (κ1) is 20.5. The largest absolute Gasteiger partial charge is 0.356 e. The number of nitrogens with zero attached hydrogens (tertiary/aromatic N) is 2. The molecule has 0 aliphatic heterocycles. The maximum absolute atomic E-state index is 6.00. The molecule has 1 aromatic carbocycles. The maximum Gasteiger partial charge on any atom is 0.191 e. The first-order chi connectivity index (χ1) is 11.5. The van der Waals surface area contributed by atoms with E-state index in [0.29, 0.717) is 0 Å². The fraction of sp³-hybridized carbons (Fsp3) is 0.444. The van der Waals surface area contributed by atoms with Crippen LogP contribution in [0, 0.1) is 13.8 Å². The SMILES string of the molecule is CN=C(NCc1sc(C)nc1C)NCC1(c2ccc(Cl)cc2)CC1.I. The molecule has 0 radical (unpaired) electrons. The normalized spacial score (nSPS) is 15.4. The average molecular weight is 491 g/mol. The van der Waals surface area contributed by atoms with Crippen molar-refractivity contribution in [1.29, 1.82) is 0 Å². The summed E-state index contributed by atoms with van der Waals surface area (Å²) in [6, 6.07) is 8.21. The van der Waals surface area contributed by atoms with Gasteiger partial charge in [-0.1, -0.05) is 23.7 Å². The van der Waals surface area contributed by atoms with E-state index in [1.165, 1.54) is 23.3 Å². The quantitative estimate of drug-likeness (QED) is 0.370. The van der Waals surface area contributed by atoms with Crippen molar-refractivity contribution in [3.8, 4) is 0 Å². The molecule has 1 aromatic heterocycles. The number of nitrogens with one attached hydrogen (secondary N) is 2. The van der Waals surface area contributed by atoms with Gasteiger partial charge in [0.2, 0.25) is 0 Å². The van der Waals surface area contributed by atoms with E-state index in [0.717, 1.165) is 34.8 Å². The van der Waals surface area contributed by atoms with Gasteiger partial charge in [-0.2, -0.15) is 0 Å². The number of guanidine groups is 1. The molecular formula is C18H24ClIN4S. The summed E-state index contributed by atoms with van der Waals surface area (Å²) in [6.07, 6.45) is 2.40. The highest BCUT2D eigenvalue weighted by Crippen LogP contribution is 2.47. The van der Waals surface area contributed by atoms with E-state index in [9.17, 15) is 0 Å². The van der Waals surface area contributed by atoms with Crippen LogP contribution >= 0.6 is 46.9 Å². The summed E-state index contributed by atoms with van der Waals surface area (Å²) in [4.78, 5) is 10.1. The van der Waals surface area contributed by atoms with Crippen LogP contribution in [0.4, 0.5) is 0 Å². The fourth-order valence-electron chi connectivity index (χ4n) is 2.90. The molecule has 1 aliphatic rings. The van der Waals surface area contributed by atoms with Crippen molar-refractivity contribution in [3.05, 3.63) is 50.4 Å². The molecule has 1 saturated carbocycles. The van der Waals surface area contributed by atoms with Crippen LogP contribution < -0.4 is 10.6 Å². The molecule has 0 bridgehead atoms. The molecule has 136 valence electrons. The van der Waals surface area contributed by atoms with E-state index in [2.05, 4.69) is 39.7 Å². The lowest BCUT2D eigenvalue weighted by Gasteiger charge is -2.19. The van der Waals surface area contributed by atoms with Crippen molar-refractivity contribution in [2.75, 3.05) is 13.6 Å². The van der Waals surface area contributed by atoms with Gasteiger partial charge in [-0.3, -0.25) is 4.99 Å². The lowest BCUT2D eigenvalue weighted by atomic mass is 9.96. The van der Waals surface area contributed by atoms with Gasteiger partial charge in [0.05, 0.1) is 17.2 Å². The van der Waals surface area contributed by atoms with Gasteiger partial charge in [-0.05, 0) is 44.4 Å². The van der Waals surface area contributed by atoms with Gasteiger partial charge in [0, 0.05) is 28.9 Å². The predicted molar refractivity (Wildman–Crippen MR) is 118 cm³/mol. The molecule has 0 atom stereocenters. The van der Waals surface area contributed by atoms with Crippen LogP contribution in [0.1, 0.15) is 34.0 Å². The highest BCUT2D eigenvalue weighted by Gasteiger charge is 2.44. The second kappa shape index (κ2) is 8.68. The second-order valence-corrected chi connectivity index (χ2v) is 8.03. The van der Waals surface area contributed by atoms with E-state index in [-0.39, 0.29) is 29.4 Å². The van der Waals surface area contributed by atoms with Gasteiger partial charge >= 0.3 is 0 Å². The van der Waals surface area contributed by atoms with Gasteiger partial charge in [-0.15, -0.1) is 35.3 Å². The molecule has 0 unspecified atom stereocenters. The summed E-state index contributed by atoms with van der Waals surface area (Å²) in [5, 5.41) is 8.75. The fourth-order valence-corrected chi connectivity index (χ4v) is 3.90. The topological polar surface area (TPSA) is 49.3 Å². The Hall–Kier alpha value is -0.860. The number of aliphatic imine (C=N–C) groups is 1. The lowest BCUT2D eigenvalue weighted by Crippen LogP contribution is -2.40. The van der Waals surface area contributed by atoms with Gasteiger partial charge in [0.15, 0.2) is 5.96 Å². The third kappa shape index (κ3) is 5.08. The second-order valence-electron chi connectivity index (χ2n) is 6.31. The monoisotopic (exact) mass is 490 g/mol. The van der Waals surface area contributed by atoms with Gasteiger partial charge in [0.25, 0.3) is 0 Å². The van der Waals surface area contributed by atoms with Crippen molar-refractivity contribution in [1.82, 2.24) is 15.6 Å². The zero-order chi connectivity index (χ0) is 17.2.